The van der Waals surface area contributed by atoms with Crippen LogP contribution in [0.4, 0.5) is 36.4 Å². The van der Waals surface area contributed by atoms with Crippen molar-refractivity contribution in [3.63, 3.8) is 0 Å². The van der Waals surface area contributed by atoms with Crippen molar-refractivity contribution >= 4 is 21.6 Å². The second kappa shape index (κ2) is 39.1. The molecule has 3 aliphatic rings. The maximum Gasteiger partial charge on any atom is 0.422 e. The summed E-state index contributed by atoms with van der Waals surface area (Å²) < 4.78 is 125. The van der Waals surface area contributed by atoms with E-state index in [1.165, 1.54) is 41.1 Å². The molecule has 6 aromatic heterocycles. The quantitative estimate of drug-likeness (QED) is 0.0330. The molecular weight excluding hydrogens is 1680 g/mol. The maximum atomic E-state index is 12.9. The molecule has 0 saturated heterocycles. The average Bonchev–Trinajstić information content (AvgIpc) is 1.62. The molecule has 0 saturated carbocycles. The van der Waals surface area contributed by atoms with Gasteiger partial charge in [0.15, 0.2) is 13.2 Å². The molecular formula is C98H83BrF7N13O7. The zero-order valence-electron chi connectivity index (χ0n) is 68.4. The number of methoxy groups -OCH3 is 2. The minimum absolute atomic E-state index is 0.103. The molecule has 20 rings (SSSR count). The summed E-state index contributed by atoms with van der Waals surface area (Å²) in [6.45, 7) is 2.72. The van der Waals surface area contributed by atoms with Gasteiger partial charge < -0.3 is 38.9 Å². The molecule has 126 heavy (non-hydrogen) atoms. The number of benzene rings is 11. The molecule has 3 aliphatic heterocycles. The third kappa shape index (κ3) is 21.7. The van der Waals surface area contributed by atoms with Crippen molar-refractivity contribution in [2.75, 3.05) is 46.4 Å². The summed E-state index contributed by atoms with van der Waals surface area (Å²) in [4.78, 5) is 0. The lowest BCUT2D eigenvalue weighted by molar-refractivity contribution is -0.154. The number of nitrogens with two attached hydrogens (primary N) is 1. The Bertz CT molecular complexity index is 6480. The molecule has 28 heteroatoms. The first kappa shape index (κ1) is 86.0. The Kier molecular flexibility index (Phi) is 26.7. The second-order valence-electron chi connectivity index (χ2n) is 29.7. The Hall–Kier alpha value is -14.9. The third-order valence-electron chi connectivity index (χ3n) is 20.2. The number of para-hydroxylation sites is 4. The van der Waals surface area contributed by atoms with Gasteiger partial charge in [-0.3, -0.25) is 30.6 Å². The van der Waals surface area contributed by atoms with Gasteiger partial charge in [-0.05, 0) is 170 Å². The lowest BCUT2D eigenvalue weighted by atomic mass is 9.99. The van der Waals surface area contributed by atoms with E-state index in [1.807, 2.05) is 140 Å². The summed E-state index contributed by atoms with van der Waals surface area (Å²) in [7, 11) is 3.30. The standard InChI is InChI=1S/C19H18N2O.C17H13BrN2O.C17H14N2O.C16H13FN2O.C16H15N3O.C13H10F6N2O2/c1-19(2)12-14-9-6-10-15(18(14)22-19)17-11-16(20-21-17)13-7-4-3-5-8-13;18-13-8-12-6-7-21-17(12)14(9-13)16-10-15(19-20-16)11-4-2-1-3-5-11;1-2-5-12(6-3-1)15-11-16(19-18-15)14-8-4-7-13-9-10-20-17(13)14;1-20-16-5-3-2-4-13(16)15-10-14(18-19-15)11-6-8-12(17)9-7-11;1-20-16-8-3-2-7-13(16)15-10-14(18-19-15)11-5-4-6-12(17)9-11;14-12(15,16)6-22-8-1-2-11(23-7-13(17,18)19)9(5-8)10-3-4-20-21-10/h3-11H,12H2,1-2H3,(H,20,21);1-5,8-10H,6-7H2,(H,19,20);1-8,11H,9-10H2,(H,18,19);2-10H,1H3,(H,18,19);2-10H,17H2,1H3,(H,18,19);1-5H,6-7H2,(H,20,21). The highest BCUT2D eigenvalue weighted by Gasteiger charge is 2.34. The van der Waals surface area contributed by atoms with Gasteiger partial charge in [-0.1, -0.05) is 168 Å². The number of nitrogens with one attached hydrogen (secondary N) is 6. The highest BCUT2D eigenvalue weighted by molar-refractivity contribution is 9.10. The van der Waals surface area contributed by atoms with Crippen LogP contribution >= 0.6 is 15.9 Å². The molecule has 9 heterocycles. The fraction of sp³-hybridized carbons (Fsp3) is 0.143. The van der Waals surface area contributed by atoms with Crippen LogP contribution in [0.25, 0.3) is 124 Å². The fourth-order valence-corrected chi connectivity index (χ4v) is 14.8. The van der Waals surface area contributed by atoms with Crippen LogP contribution in [-0.4, -0.2) is 120 Å². The predicted molar refractivity (Wildman–Crippen MR) is 476 cm³/mol. The Labute approximate surface area is 728 Å². The summed E-state index contributed by atoms with van der Waals surface area (Å²) in [5, 5.41) is 43.4. The molecule has 17 aromatic rings. The van der Waals surface area contributed by atoms with E-state index in [1.54, 1.807) is 26.4 Å². The monoisotopic (exact) mass is 1770 g/mol. The Morgan fingerprint density at radius 2 is 0.810 bits per heavy atom. The van der Waals surface area contributed by atoms with Gasteiger partial charge >= 0.3 is 12.4 Å². The van der Waals surface area contributed by atoms with Gasteiger partial charge in [0.05, 0.1) is 90.1 Å². The molecule has 0 unspecified atom stereocenters. The molecule has 11 aromatic carbocycles. The largest absolute Gasteiger partial charge is 0.496 e. The molecule has 0 bridgehead atoms. The SMILES string of the molecule is Brc1cc2c(c(-c3cc(-c4ccccc4)n[nH]3)c1)OCC2.CC1(C)Cc2cccc(-c3cc(-c4ccccc4)n[nH]3)c2O1.COc1ccccc1-c1cc(-c2ccc(F)cc2)n[nH]1.COc1ccccc1-c1cc(-c2cccc(N)c2)n[nH]1.FC(F)(F)COc1ccc(OCC(F)(F)F)c(-c2ccn[nH]2)c1.c1ccc(-c2cc(-c3cccc4c3OCC4)[nH]n2)cc1. The summed E-state index contributed by atoms with van der Waals surface area (Å²) in [6.07, 6.45) is -4.84. The van der Waals surface area contributed by atoms with Crippen molar-refractivity contribution in [2.24, 2.45) is 0 Å². The molecule has 0 fully saturated rings. The molecule has 638 valence electrons. The lowest BCUT2D eigenvalue weighted by Gasteiger charge is -2.17. The van der Waals surface area contributed by atoms with Crippen LogP contribution in [0.1, 0.15) is 30.5 Å². The Morgan fingerprint density at radius 1 is 0.381 bits per heavy atom. The van der Waals surface area contributed by atoms with Gasteiger partial charge in [-0.15, -0.1) is 0 Å². The van der Waals surface area contributed by atoms with Crippen molar-refractivity contribution in [2.45, 2.75) is 51.1 Å². The molecule has 20 nitrogen and oxygen atoms in total. The average molecular weight is 1770 g/mol. The van der Waals surface area contributed by atoms with E-state index in [4.69, 9.17) is 29.4 Å². The number of halogens is 8. The zero-order chi connectivity index (χ0) is 87.7. The predicted octanol–water partition coefficient (Wildman–Crippen LogP) is 23.8. The van der Waals surface area contributed by atoms with E-state index in [0.29, 0.717) is 0 Å². The molecule has 0 amide bonds. The van der Waals surface area contributed by atoms with E-state index in [9.17, 15) is 30.7 Å². The summed E-state index contributed by atoms with van der Waals surface area (Å²) in [5.41, 5.74) is 30.1. The van der Waals surface area contributed by atoms with E-state index in [-0.39, 0.29) is 34.2 Å². The maximum absolute atomic E-state index is 12.9. The number of hydrogen-bond donors (Lipinski definition) is 7. The topological polar surface area (TPSA) is 263 Å². The molecule has 0 radical (unpaired) electrons. The van der Waals surface area contributed by atoms with Crippen LogP contribution in [0.15, 0.2) is 302 Å². The van der Waals surface area contributed by atoms with Crippen LogP contribution < -0.4 is 38.9 Å². The number of nitrogen functional groups attached to an aromatic ring is 1. The minimum atomic E-state index is -4.54. The third-order valence-corrected chi connectivity index (χ3v) is 20.6. The molecule has 8 N–H and O–H groups in total. The number of anilines is 1. The van der Waals surface area contributed by atoms with E-state index < -0.39 is 25.6 Å². The summed E-state index contributed by atoms with van der Waals surface area (Å²) >= 11 is 3.57. The van der Waals surface area contributed by atoms with Crippen molar-refractivity contribution in [1.29, 1.82) is 0 Å². The zero-order valence-corrected chi connectivity index (χ0v) is 70.0. The first-order valence-corrected chi connectivity index (χ1v) is 40.7. The number of H-pyrrole nitrogens is 6. The van der Waals surface area contributed by atoms with E-state index in [2.05, 4.69) is 204 Å². The van der Waals surface area contributed by atoms with Gasteiger partial charge in [0.1, 0.15) is 51.7 Å². The van der Waals surface area contributed by atoms with E-state index in [0.717, 1.165) is 202 Å². The number of alkyl halides is 6. The number of fused-ring (bicyclic) bond motifs is 3. The van der Waals surface area contributed by atoms with Crippen LogP contribution in [0.3, 0.4) is 0 Å². The molecule has 0 aliphatic carbocycles. The smallest absolute Gasteiger partial charge is 0.422 e. The van der Waals surface area contributed by atoms with Crippen molar-refractivity contribution in [3.05, 3.63) is 324 Å². The number of aromatic amines is 6. The molecule has 0 atom stereocenters. The van der Waals surface area contributed by atoms with Gasteiger partial charge in [-0.25, -0.2) is 4.39 Å². The number of nitrogens with zero attached hydrogens (tertiary/aromatic N) is 6. The fourth-order valence-electron chi connectivity index (χ4n) is 14.3. The normalized spacial score (nSPS) is 12.5. The highest BCUT2D eigenvalue weighted by Crippen LogP contribution is 2.45. The summed E-state index contributed by atoms with van der Waals surface area (Å²) in [6, 6.07) is 91.7. The van der Waals surface area contributed by atoms with Gasteiger partial charge in [0.25, 0.3) is 0 Å². The van der Waals surface area contributed by atoms with Crippen molar-refractivity contribution in [3.8, 4) is 164 Å². The van der Waals surface area contributed by atoms with Crippen LogP contribution in [0, 0.1) is 5.82 Å². The van der Waals surface area contributed by atoms with E-state index >= 15 is 0 Å². The van der Waals surface area contributed by atoms with Crippen LogP contribution in [0.2, 0.25) is 0 Å². The number of rotatable bonds is 17. The highest BCUT2D eigenvalue weighted by atomic mass is 79.9. The second-order valence-corrected chi connectivity index (χ2v) is 30.6. The van der Waals surface area contributed by atoms with Crippen molar-refractivity contribution < 1.29 is 63.9 Å². The van der Waals surface area contributed by atoms with Crippen LogP contribution in [-0.2, 0) is 19.3 Å². The number of aromatic nitrogens is 12. The minimum Gasteiger partial charge on any atom is -0.496 e. The Balaban J connectivity index is 0.000000117. The van der Waals surface area contributed by atoms with Gasteiger partial charge in [0, 0.05) is 96.8 Å². The van der Waals surface area contributed by atoms with Crippen molar-refractivity contribution in [1.82, 2.24) is 61.2 Å². The van der Waals surface area contributed by atoms with Gasteiger partial charge in [0.2, 0.25) is 0 Å². The number of hydrogen-bond acceptors (Lipinski definition) is 14. The molecule has 0 spiro atoms. The Morgan fingerprint density at radius 3 is 1.31 bits per heavy atom. The lowest BCUT2D eigenvalue weighted by Crippen LogP contribution is -2.24. The summed E-state index contributed by atoms with van der Waals surface area (Å²) in [5.74, 6) is 3.97. The van der Waals surface area contributed by atoms with Crippen LogP contribution in [0.5, 0.6) is 40.2 Å². The number of ether oxygens (including phenoxy) is 7. The van der Waals surface area contributed by atoms with Gasteiger partial charge in [-0.2, -0.15) is 56.9 Å². The first-order valence-electron chi connectivity index (χ1n) is 39.9. The first-order chi connectivity index (χ1) is 61.0.